The first-order valence-electron chi connectivity index (χ1n) is 10.9. The number of hydrogen-bond donors (Lipinski definition) is 5. The SMILES string of the molecule is C#CC(C)CC(C)(C)CCC(=O)Nc1ccc(OC2OC(C(=O)O)C(O)C(O)C2O)c(CF)c1. The Kier molecular flexibility index (Phi) is 9.41. The lowest BCUT2D eigenvalue weighted by molar-refractivity contribution is -0.271. The van der Waals surface area contributed by atoms with Gasteiger partial charge >= 0.3 is 5.97 Å². The summed E-state index contributed by atoms with van der Waals surface area (Å²) in [6.07, 6.45) is -1.95. The van der Waals surface area contributed by atoms with Crippen LogP contribution in [0.2, 0.25) is 0 Å². The number of alkyl halides is 1. The number of carboxylic acid groups (broad SMARTS) is 1. The summed E-state index contributed by atoms with van der Waals surface area (Å²) in [7, 11) is 0. The van der Waals surface area contributed by atoms with Gasteiger partial charge in [-0.3, -0.25) is 4.79 Å². The van der Waals surface area contributed by atoms with Crippen LogP contribution in [0.25, 0.3) is 0 Å². The van der Waals surface area contributed by atoms with Crippen molar-refractivity contribution in [2.75, 3.05) is 5.32 Å². The normalized spacial score (nSPS) is 25.8. The Bertz CT molecular complexity index is 915. The Morgan fingerprint density at radius 3 is 2.53 bits per heavy atom. The molecule has 0 aliphatic carbocycles. The summed E-state index contributed by atoms with van der Waals surface area (Å²) in [5.41, 5.74) is 0.200. The van der Waals surface area contributed by atoms with Crippen molar-refractivity contribution >= 4 is 17.6 Å². The second-order valence-corrected chi connectivity index (χ2v) is 9.29. The number of anilines is 1. The Morgan fingerprint density at radius 2 is 1.94 bits per heavy atom. The highest BCUT2D eigenvalue weighted by atomic mass is 19.1. The number of rotatable bonds is 10. The average Bonchev–Trinajstić information content (AvgIpc) is 2.78. The van der Waals surface area contributed by atoms with E-state index in [2.05, 4.69) is 11.2 Å². The predicted molar refractivity (Wildman–Crippen MR) is 120 cm³/mol. The predicted octanol–water partition coefficient (Wildman–Crippen LogP) is 1.83. The minimum absolute atomic E-state index is 0.00395. The summed E-state index contributed by atoms with van der Waals surface area (Å²) in [5, 5.41) is 41.6. The lowest BCUT2D eigenvalue weighted by atomic mass is 9.80. The van der Waals surface area contributed by atoms with Crippen molar-refractivity contribution in [2.45, 2.75) is 77.4 Å². The molecular weight excluding hydrogens is 449 g/mol. The van der Waals surface area contributed by atoms with Crippen LogP contribution in [0.3, 0.4) is 0 Å². The molecule has 1 heterocycles. The summed E-state index contributed by atoms with van der Waals surface area (Å²) in [4.78, 5) is 23.6. The second-order valence-electron chi connectivity index (χ2n) is 9.29. The molecule has 9 nitrogen and oxygen atoms in total. The van der Waals surface area contributed by atoms with Gasteiger partial charge in [-0.25, -0.2) is 9.18 Å². The molecule has 0 spiro atoms. The minimum Gasteiger partial charge on any atom is -0.479 e. The van der Waals surface area contributed by atoms with Crippen molar-refractivity contribution in [1.29, 1.82) is 0 Å². The van der Waals surface area contributed by atoms with Gasteiger partial charge < -0.3 is 35.2 Å². The molecule has 0 radical (unpaired) electrons. The van der Waals surface area contributed by atoms with Gasteiger partial charge in [-0.1, -0.05) is 20.8 Å². The molecule has 34 heavy (non-hydrogen) atoms. The van der Waals surface area contributed by atoms with E-state index in [4.69, 9.17) is 21.0 Å². The molecule has 188 valence electrons. The van der Waals surface area contributed by atoms with Crippen LogP contribution in [0.15, 0.2) is 18.2 Å². The number of terminal acetylenes is 1. The zero-order valence-electron chi connectivity index (χ0n) is 19.4. The van der Waals surface area contributed by atoms with Crippen molar-refractivity contribution in [1.82, 2.24) is 0 Å². The fourth-order valence-corrected chi connectivity index (χ4v) is 3.82. The Hall–Kier alpha value is -2.71. The summed E-state index contributed by atoms with van der Waals surface area (Å²) < 4.78 is 24.1. The standard InChI is InChI=1S/C24H32FNO8/c1-5-13(2)11-24(3,4)9-8-17(27)26-15-6-7-16(14(10-15)12-25)33-23-20(30)18(28)19(29)21(34-23)22(31)32/h1,6-7,10,13,18-21,23,28-30H,8-9,11-12H2,2-4H3,(H,26,27)(H,31,32). The third-order valence-corrected chi connectivity index (χ3v) is 5.72. The van der Waals surface area contributed by atoms with E-state index in [0.29, 0.717) is 12.1 Å². The number of carbonyl (C=O) groups excluding carboxylic acids is 1. The Balaban J connectivity index is 2.05. The van der Waals surface area contributed by atoms with E-state index in [-0.39, 0.29) is 35.0 Å². The number of hydrogen-bond acceptors (Lipinski definition) is 7. The number of carbonyl (C=O) groups is 2. The highest BCUT2D eigenvalue weighted by molar-refractivity contribution is 5.90. The third-order valence-electron chi connectivity index (χ3n) is 5.72. The first-order chi connectivity index (χ1) is 15.9. The lowest BCUT2D eigenvalue weighted by Gasteiger charge is -2.38. The molecule has 1 aliphatic heterocycles. The summed E-state index contributed by atoms with van der Waals surface area (Å²) in [5.74, 6) is 0.879. The van der Waals surface area contributed by atoms with E-state index >= 15 is 0 Å². The van der Waals surface area contributed by atoms with E-state index in [1.54, 1.807) is 0 Å². The van der Waals surface area contributed by atoms with Crippen LogP contribution in [0.4, 0.5) is 10.1 Å². The number of nitrogens with one attached hydrogen (secondary N) is 1. The number of benzene rings is 1. The number of aliphatic hydroxyl groups is 3. The van der Waals surface area contributed by atoms with Crippen LogP contribution in [0.5, 0.6) is 5.75 Å². The largest absolute Gasteiger partial charge is 0.479 e. The summed E-state index contributed by atoms with van der Waals surface area (Å²) in [6.45, 7) is 5.03. The zero-order valence-corrected chi connectivity index (χ0v) is 19.4. The fourth-order valence-electron chi connectivity index (χ4n) is 3.82. The van der Waals surface area contributed by atoms with E-state index < -0.39 is 43.3 Å². The lowest BCUT2D eigenvalue weighted by Crippen LogP contribution is -2.61. The van der Waals surface area contributed by atoms with Crippen LogP contribution < -0.4 is 10.1 Å². The van der Waals surface area contributed by atoms with Gasteiger partial charge in [0.2, 0.25) is 12.2 Å². The second kappa shape index (κ2) is 11.6. The number of aliphatic hydroxyl groups excluding tert-OH is 3. The van der Waals surface area contributed by atoms with Gasteiger partial charge in [-0.2, -0.15) is 0 Å². The van der Waals surface area contributed by atoms with Crippen molar-refractivity contribution < 1.29 is 43.9 Å². The van der Waals surface area contributed by atoms with Crippen molar-refractivity contribution in [3.63, 3.8) is 0 Å². The molecule has 1 aromatic rings. The molecule has 1 aliphatic rings. The minimum atomic E-state index is -1.87. The molecule has 10 heteroatoms. The van der Waals surface area contributed by atoms with Gasteiger partial charge in [0.05, 0.1) is 0 Å². The molecular formula is C24H32FNO8. The van der Waals surface area contributed by atoms with Crippen LogP contribution in [0.1, 0.15) is 45.6 Å². The monoisotopic (exact) mass is 481 g/mol. The zero-order chi connectivity index (χ0) is 25.6. The number of aliphatic carboxylic acids is 1. The van der Waals surface area contributed by atoms with Gasteiger partial charge in [0.1, 0.15) is 30.7 Å². The van der Waals surface area contributed by atoms with E-state index in [1.165, 1.54) is 18.2 Å². The number of halogens is 1. The molecule has 6 unspecified atom stereocenters. The topological polar surface area (TPSA) is 146 Å². The first-order valence-corrected chi connectivity index (χ1v) is 10.9. The van der Waals surface area contributed by atoms with E-state index in [9.17, 15) is 29.3 Å². The molecule has 5 N–H and O–H groups in total. The molecule has 0 saturated carbocycles. The molecule has 1 aromatic carbocycles. The highest BCUT2D eigenvalue weighted by Crippen LogP contribution is 2.32. The Morgan fingerprint density at radius 1 is 1.26 bits per heavy atom. The average molecular weight is 482 g/mol. The summed E-state index contributed by atoms with van der Waals surface area (Å²) in [6, 6.07) is 4.12. The van der Waals surface area contributed by atoms with Crippen LogP contribution in [-0.4, -0.2) is 63.0 Å². The maximum absolute atomic E-state index is 13.7. The fraction of sp³-hybridized carbons (Fsp3) is 0.583. The van der Waals surface area contributed by atoms with Crippen LogP contribution in [0, 0.1) is 23.7 Å². The molecule has 1 amide bonds. The molecule has 0 aromatic heterocycles. The smallest absolute Gasteiger partial charge is 0.335 e. The Labute approximate surface area is 197 Å². The quantitative estimate of drug-likeness (QED) is 0.318. The maximum Gasteiger partial charge on any atom is 0.335 e. The molecule has 2 rings (SSSR count). The van der Waals surface area contributed by atoms with E-state index in [0.717, 1.165) is 6.42 Å². The number of carboxylic acids is 1. The first kappa shape index (κ1) is 27.5. The number of ether oxygens (including phenoxy) is 2. The van der Waals surface area contributed by atoms with Gasteiger partial charge in [-0.15, -0.1) is 12.3 Å². The van der Waals surface area contributed by atoms with Crippen LogP contribution in [-0.2, 0) is 21.0 Å². The maximum atomic E-state index is 13.7. The molecule has 0 bridgehead atoms. The van der Waals surface area contributed by atoms with Crippen molar-refractivity contribution in [3.8, 4) is 18.1 Å². The number of amides is 1. The highest BCUT2D eigenvalue weighted by Gasteiger charge is 2.48. The van der Waals surface area contributed by atoms with Crippen molar-refractivity contribution in [2.24, 2.45) is 11.3 Å². The van der Waals surface area contributed by atoms with Gasteiger partial charge in [0, 0.05) is 23.6 Å². The van der Waals surface area contributed by atoms with Crippen molar-refractivity contribution in [3.05, 3.63) is 23.8 Å². The molecule has 1 saturated heterocycles. The van der Waals surface area contributed by atoms with Gasteiger partial charge in [0.15, 0.2) is 6.10 Å². The molecule has 6 atom stereocenters. The van der Waals surface area contributed by atoms with Crippen LogP contribution >= 0.6 is 0 Å². The molecule has 1 fully saturated rings. The van der Waals surface area contributed by atoms with Gasteiger partial charge in [0.25, 0.3) is 0 Å². The van der Waals surface area contributed by atoms with Gasteiger partial charge in [-0.05, 0) is 36.5 Å². The van der Waals surface area contributed by atoms with E-state index in [1.807, 2.05) is 20.8 Å². The third kappa shape index (κ3) is 7.14. The summed E-state index contributed by atoms with van der Waals surface area (Å²) >= 11 is 0.